The lowest BCUT2D eigenvalue weighted by atomic mass is 10.1. The first-order chi connectivity index (χ1) is 15.2. The van der Waals surface area contributed by atoms with E-state index in [9.17, 15) is 4.79 Å². The summed E-state index contributed by atoms with van der Waals surface area (Å²) in [6.45, 7) is 4.56. The highest BCUT2D eigenvalue weighted by Gasteiger charge is 2.20. The van der Waals surface area contributed by atoms with Gasteiger partial charge in [0.1, 0.15) is 5.75 Å². The number of para-hydroxylation sites is 2. The number of carbonyl (C=O) groups excluding carboxylic acids is 1. The van der Waals surface area contributed by atoms with Gasteiger partial charge in [0.2, 0.25) is 5.91 Å². The average molecular weight is 424 g/mol. The van der Waals surface area contributed by atoms with E-state index in [4.69, 9.17) is 4.74 Å². The molecule has 3 rings (SSSR count). The third-order valence-corrected chi connectivity index (χ3v) is 5.49. The molecule has 7 nitrogen and oxygen atoms in total. The van der Waals surface area contributed by atoms with Gasteiger partial charge in [0.05, 0.1) is 7.11 Å². The van der Waals surface area contributed by atoms with Gasteiger partial charge in [-0.05, 0) is 30.2 Å². The van der Waals surface area contributed by atoms with E-state index in [1.807, 2.05) is 29.2 Å². The van der Waals surface area contributed by atoms with E-state index < -0.39 is 0 Å². The fourth-order valence-electron chi connectivity index (χ4n) is 3.74. The maximum atomic E-state index is 12.6. The first kappa shape index (κ1) is 22.5. The number of rotatable bonds is 8. The summed E-state index contributed by atoms with van der Waals surface area (Å²) in [5.41, 5.74) is 2.37. The molecule has 0 bridgehead atoms. The van der Waals surface area contributed by atoms with Crippen LogP contribution in [-0.4, -0.2) is 70.2 Å². The van der Waals surface area contributed by atoms with Gasteiger partial charge in [0.25, 0.3) is 0 Å². The summed E-state index contributed by atoms with van der Waals surface area (Å²) in [7, 11) is 3.42. The number of guanidine groups is 1. The summed E-state index contributed by atoms with van der Waals surface area (Å²) >= 11 is 0. The van der Waals surface area contributed by atoms with Crippen LogP contribution < -0.4 is 20.3 Å². The van der Waals surface area contributed by atoms with Gasteiger partial charge >= 0.3 is 0 Å². The van der Waals surface area contributed by atoms with Gasteiger partial charge in [0.15, 0.2) is 5.96 Å². The molecule has 0 saturated carbocycles. The van der Waals surface area contributed by atoms with Crippen LogP contribution in [-0.2, 0) is 11.2 Å². The average Bonchev–Trinajstić information content (AvgIpc) is 2.84. The standard InChI is InChI=1S/C24H33N5O2/c1-25-24(26-14-12-20-8-6-7-11-22(20)31-2)27-15-13-23(30)29-18-16-28(17-19-29)21-9-4-3-5-10-21/h3-11H,12-19H2,1-2H3,(H2,25,26,27). The Morgan fingerprint density at radius 1 is 0.968 bits per heavy atom. The van der Waals surface area contributed by atoms with E-state index >= 15 is 0 Å². The molecule has 2 aromatic rings. The Balaban J connectivity index is 1.34. The van der Waals surface area contributed by atoms with Crippen LogP contribution in [0.3, 0.4) is 0 Å². The normalized spacial score (nSPS) is 14.3. The molecular formula is C24H33N5O2. The van der Waals surface area contributed by atoms with Crippen molar-refractivity contribution in [1.82, 2.24) is 15.5 Å². The number of nitrogens with one attached hydrogen (secondary N) is 2. The van der Waals surface area contributed by atoms with Gasteiger partial charge in [0, 0.05) is 58.4 Å². The summed E-state index contributed by atoms with van der Waals surface area (Å²) in [5, 5.41) is 6.54. The zero-order valence-corrected chi connectivity index (χ0v) is 18.5. The number of hydrogen-bond donors (Lipinski definition) is 2. The number of amides is 1. The molecule has 1 aliphatic rings. The quantitative estimate of drug-likeness (QED) is 0.503. The molecule has 1 aliphatic heterocycles. The summed E-state index contributed by atoms with van der Waals surface area (Å²) in [5.74, 6) is 1.78. The predicted molar refractivity (Wildman–Crippen MR) is 126 cm³/mol. The number of piperazine rings is 1. The van der Waals surface area contributed by atoms with Crippen LogP contribution in [0, 0.1) is 0 Å². The number of benzene rings is 2. The number of anilines is 1. The molecule has 0 atom stereocenters. The molecule has 1 amide bonds. The van der Waals surface area contributed by atoms with Crippen LogP contribution in [0.5, 0.6) is 5.75 Å². The van der Waals surface area contributed by atoms with E-state index in [1.54, 1.807) is 14.2 Å². The number of nitrogens with zero attached hydrogens (tertiary/aromatic N) is 3. The summed E-state index contributed by atoms with van der Waals surface area (Å²) in [6, 6.07) is 18.4. The summed E-state index contributed by atoms with van der Waals surface area (Å²) in [4.78, 5) is 21.1. The highest BCUT2D eigenvalue weighted by atomic mass is 16.5. The lowest BCUT2D eigenvalue weighted by Gasteiger charge is -2.36. The highest BCUT2D eigenvalue weighted by molar-refractivity contribution is 5.81. The molecule has 7 heteroatoms. The predicted octanol–water partition coefficient (Wildman–Crippen LogP) is 2.14. The SMILES string of the molecule is CN=C(NCCC(=O)N1CCN(c2ccccc2)CC1)NCCc1ccccc1OC. The third kappa shape index (κ3) is 6.64. The van der Waals surface area contributed by atoms with Gasteiger partial charge in [-0.2, -0.15) is 0 Å². The van der Waals surface area contributed by atoms with E-state index in [0.29, 0.717) is 18.9 Å². The molecule has 0 aromatic heterocycles. The van der Waals surface area contributed by atoms with Crippen molar-refractivity contribution in [1.29, 1.82) is 0 Å². The molecule has 2 aromatic carbocycles. The molecule has 0 spiro atoms. The Morgan fingerprint density at radius 2 is 1.65 bits per heavy atom. The zero-order valence-electron chi connectivity index (χ0n) is 18.5. The molecule has 166 valence electrons. The van der Waals surface area contributed by atoms with Crippen molar-refractivity contribution >= 4 is 17.6 Å². The molecule has 0 unspecified atom stereocenters. The number of carbonyl (C=O) groups is 1. The molecule has 1 heterocycles. The van der Waals surface area contributed by atoms with E-state index in [2.05, 4.69) is 50.9 Å². The zero-order chi connectivity index (χ0) is 21.9. The van der Waals surface area contributed by atoms with Gasteiger partial charge in [-0.15, -0.1) is 0 Å². The molecule has 0 radical (unpaired) electrons. The van der Waals surface area contributed by atoms with Crippen LogP contribution in [0.2, 0.25) is 0 Å². The van der Waals surface area contributed by atoms with Crippen molar-refractivity contribution in [3.8, 4) is 5.75 Å². The van der Waals surface area contributed by atoms with Crippen LogP contribution in [0.4, 0.5) is 5.69 Å². The number of ether oxygens (including phenoxy) is 1. The minimum absolute atomic E-state index is 0.185. The molecule has 1 saturated heterocycles. The maximum Gasteiger partial charge on any atom is 0.224 e. The van der Waals surface area contributed by atoms with Crippen LogP contribution in [0.15, 0.2) is 59.6 Å². The van der Waals surface area contributed by atoms with Crippen molar-refractivity contribution < 1.29 is 9.53 Å². The van der Waals surface area contributed by atoms with Crippen molar-refractivity contribution in [2.24, 2.45) is 4.99 Å². The van der Waals surface area contributed by atoms with Crippen molar-refractivity contribution in [3.05, 3.63) is 60.2 Å². The van der Waals surface area contributed by atoms with Crippen molar-refractivity contribution in [2.75, 3.05) is 58.3 Å². The Bertz CT molecular complexity index is 848. The topological polar surface area (TPSA) is 69.2 Å². The lowest BCUT2D eigenvalue weighted by molar-refractivity contribution is -0.131. The van der Waals surface area contributed by atoms with Gasteiger partial charge in [-0.25, -0.2) is 0 Å². The molecule has 1 fully saturated rings. The Hall–Kier alpha value is -3.22. The number of aliphatic imine (C=N–C) groups is 1. The van der Waals surface area contributed by atoms with Crippen LogP contribution >= 0.6 is 0 Å². The Labute approximate surface area is 185 Å². The van der Waals surface area contributed by atoms with Crippen LogP contribution in [0.25, 0.3) is 0 Å². The second-order valence-corrected chi connectivity index (χ2v) is 7.44. The van der Waals surface area contributed by atoms with Crippen molar-refractivity contribution in [2.45, 2.75) is 12.8 Å². The second kappa shape index (κ2) is 11.8. The van der Waals surface area contributed by atoms with Gasteiger partial charge in [-0.3, -0.25) is 9.79 Å². The van der Waals surface area contributed by atoms with Crippen molar-refractivity contribution in [3.63, 3.8) is 0 Å². The monoisotopic (exact) mass is 423 g/mol. The number of hydrogen-bond acceptors (Lipinski definition) is 4. The molecular weight excluding hydrogens is 390 g/mol. The molecule has 31 heavy (non-hydrogen) atoms. The highest BCUT2D eigenvalue weighted by Crippen LogP contribution is 2.17. The smallest absolute Gasteiger partial charge is 0.224 e. The van der Waals surface area contributed by atoms with Gasteiger partial charge in [-0.1, -0.05) is 36.4 Å². The first-order valence-electron chi connectivity index (χ1n) is 10.9. The number of methoxy groups -OCH3 is 1. The van der Waals surface area contributed by atoms with E-state index in [1.165, 1.54) is 5.69 Å². The Morgan fingerprint density at radius 3 is 2.35 bits per heavy atom. The fraction of sp³-hybridized carbons (Fsp3) is 0.417. The minimum atomic E-state index is 0.185. The molecule has 2 N–H and O–H groups in total. The lowest BCUT2D eigenvalue weighted by Crippen LogP contribution is -2.49. The molecule has 0 aliphatic carbocycles. The Kier molecular flexibility index (Phi) is 8.58. The van der Waals surface area contributed by atoms with E-state index in [0.717, 1.165) is 50.5 Å². The van der Waals surface area contributed by atoms with E-state index in [-0.39, 0.29) is 5.91 Å². The third-order valence-electron chi connectivity index (χ3n) is 5.49. The summed E-state index contributed by atoms with van der Waals surface area (Å²) in [6.07, 6.45) is 1.29. The van der Waals surface area contributed by atoms with Crippen LogP contribution in [0.1, 0.15) is 12.0 Å². The first-order valence-corrected chi connectivity index (χ1v) is 10.9. The largest absolute Gasteiger partial charge is 0.496 e. The summed E-state index contributed by atoms with van der Waals surface area (Å²) < 4.78 is 5.39. The maximum absolute atomic E-state index is 12.6. The second-order valence-electron chi connectivity index (χ2n) is 7.44. The fourth-order valence-corrected chi connectivity index (χ4v) is 3.74. The minimum Gasteiger partial charge on any atom is -0.496 e. The van der Waals surface area contributed by atoms with Gasteiger partial charge < -0.3 is 25.2 Å².